The van der Waals surface area contributed by atoms with Crippen LogP contribution in [-0.4, -0.2) is 19.6 Å². The average Bonchev–Trinajstić information content (AvgIpc) is 3.23. The first-order valence-electron chi connectivity index (χ1n) is 7.74. The van der Waals surface area contributed by atoms with Gasteiger partial charge < -0.3 is 4.57 Å². The molecule has 2 aromatic heterocycles. The van der Waals surface area contributed by atoms with Crippen molar-refractivity contribution in [1.29, 1.82) is 5.26 Å². The van der Waals surface area contributed by atoms with Crippen LogP contribution in [0.2, 0.25) is 0 Å². The molecular formula is C19H15N5. The minimum atomic E-state index is 0.606. The van der Waals surface area contributed by atoms with Crippen LogP contribution in [0.25, 0.3) is 10.9 Å². The standard InChI is InChI=1S/C19H15N5/c20-11-15-4-3-5-16(10-15)12-24-14-18(21-22-24)13-23-9-8-17-6-1-2-7-19(17)23/h1-10,14H,12-13H2. The van der Waals surface area contributed by atoms with E-state index in [0.717, 1.165) is 11.3 Å². The largest absolute Gasteiger partial charge is 0.341 e. The van der Waals surface area contributed by atoms with Crippen LogP contribution in [0.5, 0.6) is 0 Å². The van der Waals surface area contributed by atoms with Gasteiger partial charge >= 0.3 is 0 Å². The molecule has 0 radical (unpaired) electrons. The lowest BCUT2D eigenvalue weighted by atomic mass is 10.1. The molecule has 0 aliphatic rings. The third-order valence-electron chi connectivity index (χ3n) is 4.00. The Morgan fingerprint density at radius 1 is 1.00 bits per heavy atom. The molecule has 4 aromatic rings. The normalized spacial score (nSPS) is 10.8. The number of para-hydroxylation sites is 1. The van der Waals surface area contributed by atoms with Crippen LogP contribution in [0.15, 0.2) is 67.0 Å². The maximum absolute atomic E-state index is 8.97. The van der Waals surface area contributed by atoms with Gasteiger partial charge in [-0.25, -0.2) is 4.68 Å². The molecule has 4 rings (SSSR count). The van der Waals surface area contributed by atoms with Gasteiger partial charge in [-0.3, -0.25) is 0 Å². The van der Waals surface area contributed by atoms with Crippen molar-refractivity contribution in [3.63, 3.8) is 0 Å². The molecule has 0 aliphatic carbocycles. The van der Waals surface area contributed by atoms with Crippen LogP contribution in [0.4, 0.5) is 0 Å². The first kappa shape index (κ1) is 14.2. The highest BCUT2D eigenvalue weighted by molar-refractivity contribution is 5.79. The van der Waals surface area contributed by atoms with E-state index >= 15 is 0 Å². The fraction of sp³-hybridized carbons (Fsp3) is 0.105. The van der Waals surface area contributed by atoms with E-state index in [-0.39, 0.29) is 0 Å². The summed E-state index contributed by atoms with van der Waals surface area (Å²) in [6.45, 7) is 1.29. The predicted octanol–water partition coefficient (Wildman–Crippen LogP) is 3.20. The van der Waals surface area contributed by atoms with E-state index in [1.165, 1.54) is 10.9 Å². The number of hydrogen-bond acceptors (Lipinski definition) is 3. The Balaban J connectivity index is 1.53. The molecule has 0 amide bonds. The molecule has 0 N–H and O–H groups in total. The summed E-state index contributed by atoms with van der Waals surface area (Å²) in [4.78, 5) is 0. The van der Waals surface area contributed by atoms with Crippen LogP contribution in [0.1, 0.15) is 16.8 Å². The lowest BCUT2D eigenvalue weighted by Crippen LogP contribution is -2.00. The van der Waals surface area contributed by atoms with Crippen LogP contribution in [-0.2, 0) is 13.1 Å². The Bertz CT molecular complexity index is 1040. The minimum Gasteiger partial charge on any atom is -0.341 e. The van der Waals surface area contributed by atoms with E-state index in [1.54, 1.807) is 10.7 Å². The highest BCUT2D eigenvalue weighted by atomic mass is 15.4. The molecule has 0 aliphatic heterocycles. The molecule has 116 valence electrons. The van der Waals surface area contributed by atoms with Gasteiger partial charge in [0.05, 0.1) is 30.9 Å². The van der Waals surface area contributed by atoms with Crippen molar-refractivity contribution in [3.8, 4) is 6.07 Å². The van der Waals surface area contributed by atoms with Crippen molar-refractivity contribution in [3.05, 3.63) is 83.8 Å². The maximum Gasteiger partial charge on any atom is 0.102 e. The van der Waals surface area contributed by atoms with Crippen LogP contribution in [0, 0.1) is 11.3 Å². The van der Waals surface area contributed by atoms with Crippen molar-refractivity contribution in [2.24, 2.45) is 0 Å². The zero-order valence-corrected chi connectivity index (χ0v) is 13.0. The van der Waals surface area contributed by atoms with E-state index in [1.807, 2.05) is 36.5 Å². The van der Waals surface area contributed by atoms with Gasteiger partial charge in [0.25, 0.3) is 0 Å². The maximum atomic E-state index is 8.97. The van der Waals surface area contributed by atoms with Gasteiger partial charge in [0, 0.05) is 11.7 Å². The van der Waals surface area contributed by atoms with Crippen molar-refractivity contribution in [1.82, 2.24) is 19.6 Å². The first-order valence-corrected chi connectivity index (χ1v) is 7.74. The van der Waals surface area contributed by atoms with Gasteiger partial charge in [0.2, 0.25) is 0 Å². The third kappa shape index (κ3) is 2.77. The molecule has 0 bridgehead atoms. The molecule has 2 aromatic carbocycles. The molecule has 0 saturated carbocycles. The van der Waals surface area contributed by atoms with Gasteiger partial charge in [0.1, 0.15) is 5.69 Å². The number of nitriles is 1. The Morgan fingerprint density at radius 2 is 1.92 bits per heavy atom. The zero-order chi connectivity index (χ0) is 16.4. The second-order valence-electron chi connectivity index (χ2n) is 5.72. The van der Waals surface area contributed by atoms with Gasteiger partial charge in [-0.15, -0.1) is 5.10 Å². The summed E-state index contributed by atoms with van der Waals surface area (Å²) in [5, 5.41) is 18.7. The van der Waals surface area contributed by atoms with Gasteiger partial charge in [0.15, 0.2) is 0 Å². The SMILES string of the molecule is N#Cc1cccc(Cn2cc(Cn3ccc4ccccc43)nn2)c1. The highest BCUT2D eigenvalue weighted by Crippen LogP contribution is 2.16. The van der Waals surface area contributed by atoms with E-state index < -0.39 is 0 Å². The van der Waals surface area contributed by atoms with Gasteiger partial charge in [-0.1, -0.05) is 35.5 Å². The van der Waals surface area contributed by atoms with E-state index in [2.05, 4.69) is 45.3 Å². The Labute approximate surface area is 139 Å². The fourth-order valence-corrected chi connectivity index (χ4v) is 2.87. The van der Waals surface area contributed by atoms with E-state index in [9.17, 15) is 0 Å². The highest BCUT2D eigenvalue weighted by Gasteiger charge is 2.06. The summed E-state index contributed by atoms with van der Waals surface area (Å²) in [7, 11) is 0. The monoisotopic (exact) mass is 313 g/mol. The molecule has 0 unspecified atom stereocenters. The van der Waals surface area contributed by atoms with Gasteiger partial charge in [-0.2, -0.15) is 5.26 Å². The summed E-state index contributed by atoms with van der Waals surface area (Å²) < 4.78 is 3.97. The lowest BCUT2D eigenvalue weighted by molar-refractivity contribution is 0.648. The Hall–Kier alpha value is -3.39. The number of rotatable bonds is 4. The molecular weight excluding hydrogens is 298 g/mol. The Kier molecular flexibility index (Phi) is 3.56. The summed E-state index contributed by atoms with van der Waals surface area (Å²) in [6, 6.07) is 20.1. The molecule has 0 saturated heterocycles. The number of aromatic nitrogens is 4. The van der Waals surface area contributed by atoms with Gasteiger partial charge in [-0.05, 0) is 35.2 Å². The molecule has 0 fully saturated rings. The van der Waals surface area contributed by atoms with Crippen molar-refractivity contribution in [2.75, 3.05) is 0 Å². The molecule has 0 atom stereocenters. The molecule has 5 nitrogen and oxygen atoms in total. The average molecular weight is 313 g/mol. The first-order chi connectivity index (χ1) is 11.8. The summed E-state index contributed by atoms with van der Waals surface area (Å²) in [5.74, 6) is 0. The number of nitrogens with zero attached hydrogens (tertiary/aromatic N) is 5. The lowest BCUT2D eigenvalue weighted by Gasteiger charge is -2.02. The fourth-order valence-electron chi connectivity index (χ4n) is 2.87. The zero-order valence-electron chi connectivity index (χ0n) is 13.0. The molecule has 24 heavy (non-hydrogen) atoms. The number of benzene rings is 2. The summed E-state index contributed by atoms with van der Waals surface area (Å²) in [5.41, 5.74) is 3.80. The number of hydrogen-bond donors (Lipinski definition) is 0. The summed E-state index contributed by atoms with van der Waals surface area (Å²) >= 11 is 0. The van der Waals surface area contributed by atoms with Crippen LogP contribution < -0.4 is 0 Å². The summed E-state index contributed by atoms with van der Waals surface area (Å²) in [6.07, 6.45) is 4.02. The number of fused-ring (bicyclic) bond motifs is 1. The quantitative estimate of drug-likeness (QED) is 0.581. The second kappa shape index (κ2) is 6.01. The molecule has 2 heterocycles. The predicted molar refractivity (Wildman–Crippen MR) is 91.3 cm³/mol. The third-order valence-corrected chi connectivity index (χ3v) is 4.00. The van der Waals surface area contributed by atoms with Crippen LogP contribution in [0.3, 0.4) is 0 Å². The van der Waals surface area contributed by atoms with E-state index in [0.29, 0.717) is 18.7 Å². The topological polar surface area (TPSA) is 59.4 Å². The molecule has 0 spiro atoms. The van der Waals surface area contributed by atoms with Crippen molar-refractivity contribution >= 4 is 10.9 Å². The smallest absolute Gasteiger partial charge is 0.102 e. The van der Waals surface area contributed by atoms with Crippen molar-refractivity contribution < 1.29 is 0 Å². The molecule has 5 heteroatoms. The minimum absolute atomic E-state index is 0.606. The van der Waals surface area contributed by atoms with Crippen molar-refractivity contribution in [2.45, 2.75) is 13.1 Å². The Morgan fingerprint density at radius 3 is 2.83 bits per heavy atom. The van der Waals surface area contributed by atoms with Crippen LogP contribution >= 0.6 is 0 Å². The van der Waals surface area contributed by atoms with E-state index in [4.69, 9.17) is 5.26 Å². The second-order valence-corrected chi connectivity index (χ2v) is 5.72.